The highest BCUT2D eigenvalue weighted by molar-refractivity contribution is 9.10. The Morgan fingerprint density at radius 3 is 2.35 bits per heavy atom. The van der Waals surface area contributed by atoms with Crippen LogP contribution in [0.15, 0.2) is 57.9 Å². The van der Waals surface area contributed by atoms with Crippen LogP contribution in [0.2, 0.25) is 0 Å². The van der Waals surface area contributed by atoms with Crippen LogP contribution in [0.5, 0.6) is 0 Å². The first-order chi connectivity index (χ1) is 10.9. The highest BCUT2D eigenvalue weighted by atomic mass is 79.9. The van der Waals surface area contributed by atoms with E-state index in [4.69, 9.17) is 0 Å². The van der Waals surface area contributed by atoms with Crippen molar-refractivity contribution in [3.63, 3.8) is 0 Å². The van der Waals surface area contributed by atoms with Gasteiger partial charge in [-0.2, -0.15) is 4.31 Å². The monoisotopic (exact) mass is 397 g/mol. The molecule has 122 valence electrons. The zero-order valence-corrected chi connectivity index (χ0v) is 15.1. The van der Waals surface area contributed by atoms with E-state index in [1.165, 1.54) is 30.6 Å². The number of benzene rings is 2. The molecule has 0 aromatic heterocycles. The molecule has 0 heterocycles. The minimum Gasteiger partial charge on any atom is -0.465 e. The number of nitrogens with zero attached hydrogens (tertiary/aromatic N) is 1. The number of carbonyl (C=O) groups excluding carboxylic acids is 1. The van der Waals surface area contributed by atoms with Crippen LogP contribution in [0, 0.1) is 0 Å². The Kier molecular flexibility index (Phi) is 5.56. The van der Waals surface area contributed by atoms with Crippen LogP contribution >= 0.6 is 15.9 Å². The van der Waals surface area contributed by atoms with Crippen LogP contribution in [0.3, 0.4) is 0 Å². The highest BCUT2D eigenvalue weighted by Gasteiger charge is 2.26. The average Bonchev–Trinajstić information content (AvgIpc) is 2.56. The van der Waals surface area contributed by atoms with Gasteiger partial charge in [-0.25, -0.2) is 13.2 Å². The molecule has 0 bridgehead atoms. The van der Waals surface area contributed by atoms with Crippen LogP contribution in [-0.4, -0.2) is 32.8 Å². The summed E-state index contributed by atoms with van der Waals surface area (Å²) in [5.41, 5.74) is 0.868. The predicted molar refractivity (Wildman–Crippen MR) is 90.6 cm³/mol. The third kappa shape index (κ3) is 3.99. The molecule has 0 unspecified atom stereocenters. The Labute approximate surface area is 144 Å². The smallest absolute Gasteiger partial charge is 0.339 e. The summed E-state index contributed by atoms with van der Waals surface area (Å²) < 4.78 is 32.3. The third-order valence-electron chi connectivity index (χ3n) is 3.30. The fourth-order valence-electron chi connectivity index (χ4n) is 2.07. The van der Waals surface area contributed by atoms with Crippen LogP contribution < -0.4 is 0 Å². The number of ether oxygens (including phenoxy) is 1. The van der Waals surface area contributed by atoms with E-state index < -0.39 is 16.0 Å². The first kappa shape index (κ1) is 17.7. The van der Waals surface area contributed by atoms with Gasteiger partial charge in [0.2, 0.25) is 10.0 Å². The Bertz CT molecular complexity index is 803. The van der Waals surface area contributed by atoms with E-state index in [1.54, 1.807) is 12.1 Å². The van der Waals surface area contributed by atoms with Gasteiger partial charge >= 0.3 is 5.97 Å². The van der Waals surface area contributed by atoms with E-state index >= 15 is 0 Å². The Balaban J connectivity index is 2.34. The molecule has 0 amide bonds. The number of esters is 1. The number of rotatable bonds is 5. The lowest BCUT2D eigenvalue weighted by Crippen LogP contribution is -2.28. The number of sulfonamides is 1. The molecule has 0 fully saturated rings. The van der Waals surface area contributed by atoms with Crippen molar-refractivity contribution < 1.29 is 17.9 Å². The van der Waals surface area contributed by atoms with Gasteiger partial charge in [0.1, 0.15) is 0 Å². The van der Waals surface area contributed by atoms with Crippen molar-refractivity contribution in [3.8, 4) is 0 Å². The molecule has 2 aromatic carbocycles. The summed E-state index contributed by atoms with van der Waals surface area (Å²) in [6.45, 7) is 0.200. The molecule has 0 spiro atoms. The van der Waals surface area contributed by atoms with Gasteiger partial charge in [-0.3, -0.25) is 0 Å². The van der Waals surface area contributed by atoms with Crippen LogP contribution in [0.4, 0.5) is 0 Å². The van der Waals surface area contributed by atoms with Crippen molar-refractivity contribution >= 4 is 31.9 Å². The van der Waals surface area contributed by atoms with E-state index in [2.05, 4.69) is 20.7 Å². The molecule has 0 atom stereocenters. The SMILES string of the molecule is COC(=O)c1ccccc1S(=O)(=O)N(C)Cc1ccc(Br)cc1. The number of methoxy groups -OCH3 is 1. The van der Waals surface area contributed by atoms with Gasteiger partial charge in [0.15, 0.2) is 0 Å². The summed E-state index contributed by atoms with van der Waals surface area (Å²) >= 11 is 3.34. The molecule has 23 heavy (non-hydrogen) atoms. The average molecular weight is 398 g/mol. The quantitative estimate of drug-likeness (QED) is 0.727. The number of carbonyl (C=O) groups is 1. The molecule has 2 aromatic rings. The van der Waals surface area contributed by atoms with Crippen molar-refractivity contribution in [3.05, 3.63) is 64.1 Å². The lowest BCUT2D eigenvalue weighted by atomic mass is 10.2. The molecule has 0 aliphatic carbocycles. The lowest BCUT2D eigenvalue weighted by Gasteiger charge is -2.19. The van der Waals surface area contributed by atoms with Gasteiger partial charge in [-0.05, 0) is 29.8 Å². The molecular weight excluding hydrogens is 382 g/mol. The number of hydrogen-bond acceptors (Lipinski definition) is 4. The second kappa shape index (κ2) is 7.25. The summed E-state index contributed by atoms with van der Waals surface area (Å²) in [5, 5.41) is 0. The maximum atomic E-state index is 12.8. The zero-order valence-electron chi connectivity index (χ0n) is 12.7. The Hall–Kier alpha value is -1.70. The molecule has 0 radical (unpaired) electrons. The van der Waals surface area contributed by atoms with Gasteiger partial charge in [0.05, 0.1) is 17.6 Å². The maximum Gasteiger partial charge on any atom is 0.339 e. The number of halogens is 1. The molecule has 0 saturated heterocycles. The summed E-state index contributed by atoms with van der Waals surface area (Å²) in [5.74, 6) is -0.679. The first-order valence-electron chi connectivity index (χ1n) is 6.74. The van der Waals surface area contributed by atoms with Crippen LogP contribution in [-0.2, 0) is 21.3 Å². The summed E-state index contributed by atoms with van der Waals surface area (Å²) in [4.78, 5) is 11.7. The topological polar surface area (TPSA) is 63.7 Å². The van der Waals surface area contributed by atoms with Crippen molar-refractivity contribution in [1.82, 2.24) is 4.31 Å². The van der Waals surface area contributed by atoms with Crippen molar-refractivity contribution in [1.29, 1.82) is 0 Å². The fraction of sp³-hybridized carbons (Fsp3) is 0.188. The second-order valence-electron chi connectivity index (χ2n) is 4.88. The molecule has 0 aliphatic rings. The molecule has 0 aliphatic heterocycles. The normalized spacial score (nSPS) is 11.5. The van der Waals surface area contributed by atoms with E-state index in [0.29, 0.717) is 0 Å². The first-order valence-corrected chi connectivity index (χ1v) is 8.97. The van der Waals surface area contributed by atoms with E-state index in [1.807, 2.05) is 24.3 Å². The van der Waals surface area contributed by atoms with E-state index in [-0.39, 0.29) is 17.0 Å². The highest BCUT2D eigenvalue weighted by Crippen LogP contribution is 2.22. The lowest BCUT2D eigenvalue weighted by molar-refractivity contribution is 0.0596. The summed E-state index contributed by atoms with van der Waals surface area (Å²) in [6.07, 6.45) is 0. The third-order valence-corrected chi connectivity index (χ3v) is 5.69. The second-order valence-corrected chi connectivity index (χ2v) is 7.80. The predicted octanol–water partition coefficient (Wildman–Crippen LogP) is 3.06. The van der Waals surface area contributed by atoms with Crippen LogP contribution in [0.1, 0.15) is 15.9 Å². The van der Waals surface area contributed by atoms with Gasteiger partial charge < -0.3 is 4.74 Å². The van der Waals surface area contributed by atoms with Crippen LogP contribution in [0.25, 0.3) is 0 Å². The number of hydrogen-bond donors (Lipinski definition) is 0. The van der Waals surface area contributed by atoms with Crippen molar-refractivity contribution in [2.75, 3.05) is 14.2 Å². The minimum atomic E-state index is -3.81. The molecule has 7 heteroatoms. The molecule has 0 N–H and O–H groups in total. The van der Waals surface area contributed by atoms with Gasteiger partial charge in [0.25, 0.3) is 0 Å². The zero-order chi connectivity index (χ0) is 17.0. The minimum absolute atomic E-state index is 0.0256. The van der Waals surface area contributed by atoms with Gasteiger partial charge in [0, 0.05) is 18.1 Å². The Morgan fingerprint density at radius 2 is 1.74 bits per heavy atom. The fourth-order valence-corrected chi connectivity index (χ4v) is 3.67. The van der Waals surface area contributed by atoms with E-state index in [0.717, 1.165) is 10.0 Å². The van der Waals surface area contributed by atoms with Crippen molar-refractivity contribution in [2.24, 2.45) is 0 Å². The van der Waals surface area contributed by atoms with E-state index in [9.17, 15) is 13.2 Å². The van der Waals surface area contributed by atoms with Crippen molar-refractivity contribution in [2.45, 2.75) is 11.4 Å². The standard InChI is InChI=1S/C16H16BrNO4S/c1-18(11-12-7-9-13(17)10-8-12)23(20,21)15-6-4-3-5-14(15)16(19)22-2/h3-10H,11H2,1-2H3. The Morgan fingerprint density at radius 1 is 1.13 bits per heavy atom. The van der Waals surface area contributed by atoms with Gasteiger partial charge in [-0.1, -0.05) is 40.2 Å². The molecule has 5 nitrogen and oxygen atoms in total. The maximum absolute atomic E-state index is 12.8. The molecule has 0 saturated carbocycles. The summed E-state index contributed by atoms with van der Waals surface area (Å²) in [7, 11) is -1.12. The largest absolute Gasteiger partial charge is 0.465 e. The molecular formula is C16H16BrNO4S. The molecule has 2 rings (SSSR count). The summed E-state index contributed by atoms with van der Waals surface area (Å²) in [6, 6.07) is 13.4. The van der Waals surface area contributed by atoms with Gasteiger partial charge in [-0.15, -0.1) is 0 Å².